The fraction of sp³-hybridized carbons (Fsp3) is 0.333. The fourth-order valence-electron chi connectivity index (χ4n) is 3.70. The summed E-state index contributed by atoms with van der Waals surface area (Å²) in [6, 6.07) is 15.4. The Kier molecular flexibility index (Phi) is 6.96. The molecular weight excluding hydrogens is 394 g/mol. The number of hydrogen-bond acceptors (Lipinski definition) is 5. The Hall–Kier alpha value is -3.16. The third-order valence-corrected chi connectivity index (χ3v) is 5.43. The van der Waals surface area contributed by atoms with Crippen LogP contribution in [-0.2, 0) is 27.2 Å². The summed E-state index contributed by atoms with van der Waals surface area (Å²) in [5, 5.41) is 3.95. The number of aromatic amines is 1. The number of rotatable bonds is 8. The number of nitrogens with one attached hydrogen (secondary N) is 2. The van der Waals surface area contributed by atoms with Crippen LogP contribution in [0.15, 0.2) is 54.7 Å². The van der Waals surface area contributed by atoms with Gasteiger partial charge in [-0.3, -0.25) is 9.69 Å². The zero-order valence-electron chi connectivity index (χ0n) is 17.4. The van der Waals surface area contributed by atoms with Crippen molar-refractivity contribution in [2.75, 3.05) is 39.5 Å². The lowest BCUT2D eigenvalue weighted by Gasteiger charge is -2.26. The number of hydrogen-bond donors (Lipinski definition) is 2. The minimum atomic E-state index is -0.496. The monoisotopic (exact) mass is 421 g/mol. The molecule has 2 N–H and O–H groups in total. The van der Waals surface area contributed by atoms with E-state index in [1.807, 2.05) is 36.5 Å². The Bertz CT molecular complexity index is 1020. The average Bonchev–Trinajstić information content (AvgIpc) is 3.22. The summed E-state index contributed by atoms with van der Waals surface area (Å²) in [5.41, 5.74) is 3.80. The zero-order chi connectivity index (χ0) is 21.5. The summed E-state index contributed by atoms with van der Waals surface area (Å²) >= 11 is 0. The maximum absolute atomic E-state index is 12.2. The molecule has 162 valence electrons. The Morgan fingerprint density at radius 3 is 2.65 bits per heavy atom. The number of para-hydroxylation sites is 1. The first-order valence-corrected chi connectivity index (χ1v) is 10.6. The van der Waals surface area contributed by atoms with E-state index >= 15 is 0 Å². The Morgan fingerprint density at radius 2 is 1.84 bits per heavy atom. The second-order valence-corrected chi connectivity index (χ2v) is 7.62. The number of morpholine rings is 1. The quantitative estimate of drug-likeness (QED) is 0.546. The highest BCUT2D eigenvalue weighted by atomic mass is 16.5. The molecule has 3 aromatic rings. The average molecular weight is 421 g/mol. The lowest BCUT2D eigenvalue weighted by Crippen LogP contribution is -2.35. The first-order chi connectivity index (χ1) is 15.2. The zero-order valence-corrected chi connectivity index (χ0v) is 17.4. The largest absolute Gasteiger partial charge is 0.452 e. The molecule has 1 saturated heterocycles. The van der Waals surface area contributed by atoms with Crippen LogP contribution in [-0.4, -0.2) is 61.2 Å². The molecule has 0 unspecified atom stereocenters. The summed E-state index contributed by atoms with van der Waals surface area (Å²) in [6.07, 6.45) is 2.66. The van der Waals surface area contributed by atoms with Gasteiger partial charge in [-0.1, -0.05) is 30.3 Å². The van der Waals surface area contributed by atoms with Gasteiger partial charge in [-0.05, 0) is 35.7 Å². The predicted octanol–water partition coefficient (Wildman–Crippen LogP) is 2.52. The number of esters is 1. The van der Waals surface area contributed by atoms with E-state index in [9.17, 15) is 9.59 Å². The van der Waals surface area contributed by atoms with Gasteiger partial charge in [-0.15, -0.1) is 0 Å². The van der Waals surface area contributed by atoms with Gasteiger partial charge in [0.15, 0.2) is 6.61 Å². The summed E-state index contributed by atoms with van der Waals surface area (Å²) in [6.45, 7) is 4.37. The normalized spacial score (nSPS) is 14.5. The van der Waals surface area contributed by atoms with Crippen LogP contribution < -0.4 is 5.32 Å². The number of carbonyl (C=O) groups is 2. The first kappa shape index (κ1) is 21.1. The summed E-state index contributed by atoms with van der Waals surface area (Å²) in [7, 11) is 0. The van der Waals surface area contributed by atoms with Gasteiger partial charge in [0.05, 0.1) is 18.8 Å². The number of H-pyrrole nitrogens is 1. The molecule has 0 spiro atoms. The van der Waals surface area contributed by atoms with Crippen LogP contribution in [0.5, 0.6) is 0 Å². The molecule has 4 rings (SSSR count). The van der Waals surface area contributed by atoms with E-state index in [-0.39, 0.29) is 12.5 Å². The molecule has 2 aromatic carbocycles. The molecule has 0 radical (unpaired) electrons. The molecule has 1 fully saturated rings. The van der Waals surface area contributed by atoms with E-state index in [1.54, 1.807) is 12.1 Å². The van der Waals surface area contributed by atoms with Crippen molar-refractivity contribution in [3.63, 3.8) is 0 Å². The second-order valence-electron chi connectivity index (χ2n) is 7.62. The van der Waals surface area contributed by atoms with E-state index in [1.165, 1.54) is 0 Å². The lowest BCUT2D eigenvalue weighted by molar-refractivity contribution is -0.124. The molecule has 1 amide bonds. The SMILES string of the molecule is O=C(COC(=O)c1ccc(CN2CCOCC2)cc1)NCCc1c[nH]c2ccccc12. The predicted molar refractivity (Wildman–Crippen MR) is 118 cm³/mol. The highest BCUT2D eigenvalue weighted by molar-refractivity contribution is 5.91. The highest BCUT2D eigenvalue weighted by Crippen LogP contribution is 2.17. The Balaban J connectivity index is 1.18. The van der Waals surface area contributed by atoms with Crippen LogP contribution in [0, 0.1) is 0 Å². The van der Waals surface area contributed by atoms with Crippen LogP contribution in [0.1, 0.15) is 21.5 Å². The van der Waals surface area contributed by atoms with Gasteiger partial charge >= 0.3 is 5.97 Å². The number of amides is 1. The molecule has 7 nitrogen and oxygen atoms in total. The van der Waals surface area contributed by atoms with E-state index in [0.29, 0.717) is 18.5 Å². The molecule has 0 saturated carbocycles. The van der Waals surface area contributed by atoms with Crippen LogP contribution in [0.2, 0.25) is 0 Å². The summed E-state index contributed by atoms with van der Waals surface area (Å²) in [4.78, 5) is 29.8. The third-order valence-electron chi connectivity index (χ3n) is 5.43. The molecule has 1 aliphatic heterocycles. The topological polar surface area (TPSA) is 83.7 Å². The number of nitrogens with zero attached hydrogens (tertiary/aromatic N) is 1. The van der Waals surface area contributed by atoms with Crippen LogP contribution in [0.3, 0.4) is 0 Å². The summed E-state index contributed by atoms with van der Waals surface area (Å²) in [5.74, 6) is -0.804. The highest BCUT2D eigenvalue weighted by Gasteiger charge is 2.13. The Labute approximate surface area is 181 Å². The van der Waals surface area contributed by atoms with Crippen molar-refractivity contribution in [3.05, 3.63) is 71.4 Å². The number of carbonyl (C=O) groups excluding carboxylic acids is 2. The van der Waals surface area contributed by atoms with Crippen molar-refractivity contribution in [3.8, 4) is 0 Å². The first-order valence-electron chi connectivity index (χ1n) is 10.6. The van der Waals surface area contributed by atoms with E-state index < -0.39 is 5.97 Å². The van der Waals surface area contributed by atoms with E-state index in [4.69, 9.17) is 9.47 Å². The molecular formula is C24H27N3O4. The van der Waals surface area contributed by atoms with Crippen molar-refractivity contribution < 1.29 is 19.1 Å². The maximum atomic E-state index is 12.2. The van der Waals surface area contributed by atoms with Crippen molar-refractivity contribution >= 4 is 22.8 Å². The van der Waals surface area contributed by atoms with E-state index in [0.717, 1.165) is 54.9 Å². The number of fused-ring (bicyclic) bond motifs is 1. The van der Waals surface area contributed by atoms with Gasteiger partial charge in [-0.25, -0.2) is 4.79 Å². The van der Waals surface area contributed by atoms with Gasteiger partial charge in [-0.2, -0.15) is 0 Å². The van der Waals surface area contributed by atoms with Crippen molar-refractivity contribution in [1.29, 1.82) is 0 Å². The number of benzene rings is 2. The van der Waals surface area contributed by atoms with Crippen LogP contribution in [0.4, 0.5) is 0 Å². The number of ether oxygens (including phenoxy) is 2. The van der Waals surface area contributed by atoms with Crippen LogP contribution >= 0.6 is 0 Å². The van der Waals surface area contributed by atoms with Gasteiger partial charge in [0, 0.05) is 43.3 Å². The maximum Gasteiger partial charge on any atom is 0.338 e. The van der Waals surface area contributed by atoms with Crippen LogP contribution in [0.25, 0.3) is 10.9 Å². The standard InChI is InChI=1S/C24H27N3O4/c28-23(25-10-9-20-15-26-22-4-2-1-3-21(20)22)17-31-24(29)19-7-5-18(6-8-19)16-27-11-13-30-14-12-27/h1-8,15,26H,9-14,16-17H2,(H,25,28). The smallest absolute Gasteiger partial charge is 0.338 e. The fourth-order valence-corrected chi connectivity index (χ4v) is 3.70. The number of aromatic nitrogens is 1. The molecule has 7 heteroatoms. The third kappa shape index (κ3) is 5.71. The lowest BCUT2D eigenvalue weighted by atomic mass is 10.1. The van der Waals surface area contributed by atoms with Crippen molar-refractivity contribution in [2.45, 2.75) is 13.0 Å². The van der Waals surface area contributed by atoms with Gasteiger partial charge in [0.25, 0.3) is 5.91 Å². The van der Waals surface area contributed by atoms with E-state index in [2.05, 4.69) is 21.3 Å². The molecule has 2 heterocycles. The van der Waals surface area contributed by atoms with Crippen molar-refractivity contribution in [2.24, 2.45) is 0 Å². The Morgan fingerprint density at radius 1 is 1.06 bits per heavy atom. The molecule has 1 aliphatic rings. The van der Waals surface area contributed by atoms with Gasteiger partial charge < -0.3 is 19.8 Å². The minimum absolute atomic E-state index is 0.289. The molecule has 0 aliphatic carbocycles. The molecule has 0 bridgehead atoms. The summed E-state index contributed by atoms with van der Waals surface area (Å²) < 4.78 is 10.5. The molecule has 1 aromatic heterocycles. The van der Waals surface area contributed by atoms with Gasteiger partial charge in [0.2, 0.25) is 0 Å². The minimum Gasteiger partial charge on any atom is -0.452 e. The molecule has 31 heavy (non-hydrogen) atoms. The van der Waals surface area contributed by atoms with Gasteiger partial charge in [0.1, 0.15) is 0 Å². The second kappa shape index (κ2) is 10.2. The molecule has 0 atom stereocenters. The van der Waals surface area contributed by atoms with Crippen molar-refractivity contribution in [1.82, 2.24) is 15.2 Å².